The third-order valence-electron chi connectivity index (χ3n) is 3.06. The van der Waals surface area contributed by atoms with Gasteiger partial charge in [-0.2, -0.15) is 0 Å². The third kappa shape index (κ3) is 5.67. The van der Waals surface area contributed by atoms with Crippen molar-refractivity contribution in [3.8, 4) is 0 Å². The minimum atomic E-state index is 0.666. The number of ether oxygens (including phenoxy) is 2. The highest BCUT2D eigenvalue weighted by molar-refractivity contribution is 6.33. The molecule has 0 atom stereocenters. The van der Waals surface area contributed by atoms with Gasteiger partial charge >= 0.3 is 0 Å². The molecular weight excluding hydrogens is 276 g/mol. The molecule has 0 radical (unpaired) electrons. The van der Waals surface area contributed by atoms with Gasteiger partial charge in [-0.1, -0.05) is 24.6 Å². The highest BCUT2D eigenvalue weighted by Crippen LogP contribution is 2.26. The maximum absolute atomic E-state index is 6.41. The first-order valence-corrected chi connectivity index (χ1v) is 7.32. The molecule has 20 heavy (non-hydrogen) atoms. The number of benzene rings is 1. The first-order chi connectivity index (χ1) is 9.72. The van der Waals surface area contributed by atoms with E-state index in [0.717, 1.165) is 36.9 Å². The quantitative estimate of drug-likeness (QED) is 0.720. The Balaban J connectivity index is 2.78. The van der Waals surface area contributed by atoms with Gasteiger partial charge in [0.1, 0.15) is 0 Å². The van der Waals surface area contributed by atoms with Crippen molar-refractivity contribution in [2.75, 3.05) is 52.0 Å². The fourth-order valence-electron chi connectivity index (χ4n) is 1.94. The molecule has 1 aromatic carbocycles. The predicted octanol–water partition coefficient (Wildman–Crippen LogP) is 2.55. The topological polar surface area (TPSA) is 33.7 Å². The zero-order chi connectivity index (χ0) is 14.8. The summed E-state index contributed by atoms with van der Waals surface area (Å²) in [5.74, 6) is 0. The number of halogens is 1. The SMILES string of the molecule is CCNCc1ccc(N(CCOC)CCOC)c(Cl)c1. The molecule has 1 N–H and O–H groups in total. The van der Waals surface area contributed by atoms with Gasteiger partial charge in [0, 0.05) is 33.9 Å². The second-order valence-electron chi connectivity index (χ2n) is 4.54. The Hall–Kier alpha value is -0.810. The molecular formula is C15H25ClN2O2. The van der Waals surface area contributed by atoms with Gasteiger partial charge in [-0.15, -0.1) is 0 Å². The molecule has 1 rings (SSSR count). The number of methoxy groups -OCH3 is 2. The lowest BCUT2D eigenvalue weighted by Gasteiger charge is -2.25. The van der Waals surface area contributed by atoms with Crippen LogP contribution in [0.4, 0.5) is 5.69 Å². The standard InChI is InChI=1S/C15H25ClN2O2/c1-4-17-12-13-5-6-15(14(16)11-13)18(7-9-19-2)8-10-20-3/h5-6,11,17H,4,7-10,12H2,1-3H3. The van der Waals surface area contributed by atoms with Crippen LogP contribution in [-0.2, 0) is 16.0 Å². The largest absolute Gasteiger partial charge is 0.383 e. The van der Waals surface area contributed by atoms with E-state index in [1.54, 1.807) is 14.2 Å². The van der Waals surface area contributed by atoms with E-state index in [9.17, 15) is 0 Å². The van der Waals surface area contributed by atoms with Gasteiger partial charge in [-0.25, -0.2) is 0 Å². The first kappa shape index (κ1) is 17.2. The van der Waals surface area contributed by atoms with E-state index in [1.165, 1.54) is 5.56 Å². The number of nitrogens with one attached hydrogen (secondary N) is 1. The molecule has 114 valence electrons. The summed E-state index contributed by atoms with van der Waals surface area (Å²) in [6.45, 7) is 6.81. The minimum absolute atomic E-state index is 0.666. The predicted molar refractivity (Wildman–Crippen MR) is 84.8 cm³/mol. The molecule has 0 aromatic heterocycles. The van der Waals surface area contributed by atoms with Gasteiger partial charge in [-0.3, -0.25) is 0 Å². The lowest BCUT2D eigenvalue weighted by atomic mass is 10.2. The van der Waals surface area contributed by atoms with Gasteiger partial charge in [0.15, 0.2) is 0 Å². The monoisotopic (exact) mass is 300 g/mol. The van der Waals surface area contributed by atoms with E-state index in [1.807, 2.05) is 6.07 Å². The van der Waals surface area contributed by atoms with E-state index in [0.29, 0.717) is 13.2 Å². The fourth-order valence-corrected chi connectivity index (χ4v) is 2.26. The molecule has 0 amide bonds. The Kier molecular flexibility index (Phi) is 8.62. The lowest BCUT2D eigenvalue weighted by Crippen LogP contribution is -2.30. The summed E-state index contributed by atoms with van der Waals surface area (Å²) in [6.07, 6.45) is 0. The second-order valence-corrected chi connectivity index (χ2v) is 4.95. The number of nitrogens with zero attached hydrogens (tertiary/aromatic N) is 1. The Labute approximate surface area is 127 Å². The lowest BCUT2D eigenvalue weighted by molar-refractivity contribution is 0.190. The van der Waals surface area contributed by atoms with Crippen LogP contribution in [0.15, 0.2) is 18.2 Å². The number of anilines is 1. The van der Waals surface area contributed by atoms with Gasteiger partial charge in [0.25, 0.3) is 0 Å². The molecule has 0 saturated heterocycles. The Morgan fingerprint density at radius 2 is 1.80 bits per heavy atom. The highest BCUT2D eigenvalue weighted by atomic mass is 35.5. The zero-order valence-corrected chi connectivity index (χ0v) is 13.4. The Morgan fingerprint density at radius 1 is 1.15 bits per heavy atom. The molecule has 0 aliphatic rings. The molecule has 5 heteroatoms. The van der Waals surface area contributed by atoms with Crippen LogP contribution >= 0.6 is 11.6 Å². The van der Waals surface area contributed by atoms with Crippen LogP contribution < -0.4 is 10.2 Å². The third-order valence-corrected chi connectivity index (χ3v) is 3.37. The average molecular weight is 301 g/mol. The molecule has 0 aliphatic carbocycles. The van der Waals surface area contributed by atoms with Gasteiger partial charge in [-0.05, 0) is 24.2 Å². The summed E-state index contributed by atoms with van der Waals surface area (Å²) in [4.78, 5) is 2.19. The normalized spacial score (nSPS) is 10.8. The fraction of sp³-hybridized carbons (Fsp3) is 0.600. The Morgan fingerprint density at radius 3 is 2.30 bits per heavy atom. The van der Waals surface area contributed by atoms with Crippen LogP contribution in [0.25, 0.3) is 0 Å². The maximum atomic E-state index is 6.41. The van der Waals surface area contributed by atoms with Crippen molar-refractivity contribution in [1.29, 1.82) is 0 Å². The van der Waals surface area contributed by atoms with Crippen molar-refractivity contribution < 1.29 is 9.47 Å². The number of rotatable bonds is 10. The summed E-state index contributed by atoms with van der Waals surface area (Å²) in [7, 11) is 3.41. The maximum Gasteiger partial charge on any atom is 0.0642 e. The van der Waals surface area contributed by atoms with Crippen LogP contribution in [0.3, 0.4) is 0 Å². The van der Waals surface area contributed by atoms with Crippen molar-refractivity contribution in [2.24, 2.45) is 0 Å². The zero-order valence-electron chi connectivity index (χ0n) is 12.6. The summed E-state index contributed by atoms with van der Waals surface area (Å²) < 4.78 is 10.3. The number of hydrogen-bond acceptors (Lipinski definition) is 4. The summed E-state index contributed by atoms with van der Waals surface area (Å²) >= 11 is 6.41. The van der Waals surface area contributed by atoms with Crippen LogP contribution in [-0.4, -0.2) is 47.1 Å². The molecule has 0 aliphatic heterocycles. The van der Waals surface area contributed by atoms with Crippen LogP contribution in [0, 0.1) is 0 Å². The van der Waals surface area contributed by atoms with E-state index in [-0.39, 0.29) is 0 Å². The van der Waals surface area contributed by atoms with Crippen molar-refractivity contribution in [2.45, 2.75) is 13.5 Å². The minimum Gasteiger partial charge on any atom is -0.383 e. The molecule has 0 unspecified atom stereocenters. The Bertz CT molecular complexity index is 380. The number of hydrogen-bond donors (Lipinski definition) is 1. The van der Waals surface area contributed by atoms with Crippen LogP contribution in [0.2, 0.25) is 5.02 Å². The summed E-state index contributed by atoms with van der Waals surface area (Å²) in [5, 5.41) is 4.07. The van der Waals surface area contributed by atoms with Gasteiger partial charge in [0.05, 0.1) is 23.9 Å². The van der Waals surface area contributed by atoms with Crippen molar-refractivity contribution >= 4 is 17.3 Å². The highest BCUT2D eigenvalue weighted by Gasteiger charge is 2.10. The van der Waals surface area contributed by atoms with Crippen molar-refractivity contribution in [3.05, 3.63) is 28.8 Å². The second kappa shape index (κ2) is 10.00. The summed E-state index contributed by atoms with van der Waals surface area (Å²) in [5.41, 5.74) is 2.22. The molecule has 0 spiro atoms. The molecule has 0 bridgehead atoms. The van der Waals surface area contributed by atoms with Gasteiger partial charge in [0.2, 0.25) is 0 Å². The van der Waals surface area contributed by atoms with Crippen molar-refractivity contribution in [3.63, 3.8) is 0 Å². The van der Waals surface area contributed by atoms with Crippen LogP contribution in [0.1, 0.15) is 12.5 Å². The smallest absolute Gasteiger partial charge is 0.0642 e. The van der Waals surface area contributed by atoms with Crippen LogP contribution in [0.5, 0.6) is 0 Å². The van der Waals surface area contributed by atoms with E-state index >= 15 is 0 Å². The molecule has 0 fully saturated rings. The molecule has 4 nitrogen and oxygen atoms in total. The average Bonchev–Trinajstić information content (AvgIpc) is 2.46. The van der Waals surface area contributed by atoms with Gasteiger partial charge < -0.3 is 19.7 Å². The van der Waals surface area contributed by atoms with E-state index in [4.69, 9.17) is 21.1 Å². The molecule has 0 heterocycles. The first-order valence-electron chi connectivity index (χ1n) is 6.94. The van der Waals surface area contributed by atoms with E-state index < -0.39 is 0 Å². The molecule has 1 aromatic rings. The van der Waals surface area contributed by atoms with Crippen molar-refractivity contribution in [1.82, 2.24) is 5.32 Å². The summed E-state index contributed by atoms with van der Waals surface area (Å²) in [6, 6.07) is 6.20. The molecule has 0 saturated carbocycles. The van der Waals surface area contributed by atoms with E-state index in [2.05, 4.69) is 29.3 Å².